The normalized spacial score (nSPS) is 19.9. The van der Waals surface area contributed by atoms with Crippen molar-refractivity contribution in [3.63, 3.8) is 0 Å². The Morgan fingerprint density at radius 3 is 2.19 bits per heavy atom. The second-order valence-electron chi connectivity index (χ2n) is 13.6. The van der Waals surface area contributed by atoms with Gasteiger partial charge in [0.2, 0.25) is 8.32 Å². The number of carboxylic acid groups (broad SMARTS) is 1. The number of benzene rings is 2. The first kappa shape index (κ1) is 37.4. The fourth-order valence-corrected chi connectivity index (χ4v) is 13.2. The molecular formula is C36H52N2O9Si. The van der Waals surface area contributed by atoms with Gasteiger partial charge in [0.1, 0.15) is 5.75 Å². The first-order valence-corrected chi connectivity index (χ1v) is 19.0. The minimum Gasteiger partial charge on any atom is -0.482 e. The van der Waals surface area contributed by atoms with Crippen LogP contribution in [0.3, 0.4) is 0 Å². The molecule has 0 bridgehead atoms. The summed E-state index contributed by atoms with van der Waals surface area (Å²) >= 11 is 0. The van der Waals surface area contributed by atoms with E-state index < -0.39 is 32.6 Å². The topological polar surface area (TPSA) is 124 Å². The molecule has 264 valence electrons. The van der Waals surface area contributed by atoms with Gasteiger partial charge in [-0.05, 0) is 58.4 Å². The van der Waals surface area contributed by atoms with E-state index in [2.05, 4.69) is 41.5 Å². The monoisotopic (exact) mass is 684 g/mol. The third kappa shape index (κ3) is 8.04. The van der Waals surface area contributed by atoms with Crippen molar-refractivity contribution in [2.75, 3.05) is 52.0 Å². The molecular weight excluding hydrogens is 632 g/mol. The molecule has 0 aromatic heterocycles. The predicted molar refractivity (Wildman–Crippen MR) is 185 cm³/mol. The summed E-state index contributed by atoms with van der Waals surface area (Å²) < 4.78 is 29.8. The summed E-state index contributed by atoms with van der Waals surface area (Å²) in [7, 11) is 0.522. The smallest absolute Gasteiger partial charge is 0.407 e. The molecule has 2 amide bonds. The van der Waals surface area contributed by atoms with Gasteiger partial charge in [-0.3, -0.25) is 4.79 Å². The van der Waals surface area contributed by atoms with Crippen LogP contribution in [0.1, 0.15) is 75.4 Å². The van der Waals surface area contributed by atoms with Crippen molar-refractivity contribution in [3.05, 3.63) is 59.2 Å². The molecule has 2 aromatic rings. The Balaban J connectivity index is 1.72. The molecule has 48 heavy (non-hydrogen) atoms. The Morgan fingerprint density at radius 2 is 1.60 bits per heavy atom. The van der Waals surface area contributed by atoms with Crippen LogP contribution in [0.5, 0.6) is 5.75 Å². The third-order valence-corrected chi connectivity index (χ3v) is 15.9. The minimum atomic E-state index is -2.46. The molecule has 4 rings (SSSR count). The zero-order valence-corrected chi connectivity index (χ0v) is 30.6. The highest BCUT2D eigenvalue weighted by Gasteiger charge is 2.51. The van der Waals surface area contributed by atoms with E-state index in [0.717, 1.165) is 11.1 Å². The van der Waals surface area contributed by atoms with E-state index in [9.17, 15) is 19.5 Å². The number of amides is 2. The summed E-state index contributed by atoms with van der Waals surface area (Å²) in [4.78, 5) is 40.7. The minimum absolute atomic E-state index is 0.0191. The summed E-state index contributed by atoms with van der Waals surface area (Å²) in [6, 6.07) is 12.9. The van der Waals surface area contributed by atoms with E-state index >= 15 is 0 Å². The number of hydrogen-bond donors (Lipinski definition) is 1. The number of ether oxygens (including phenoxy) is 4. The lowest BCUT2D eigenvalue weighted by atomic mass is 9.84. The Bertz CT molecular complexity index is 1390. The van der Waals surface area contributed by atoms with Crippen LogP contribution >= 0.6 is 0 Å². The van der Waals surface area contributed by atoms with Gasteiger partial charge in [0.05, 0.1) is 43.7 Å². The van der Waals surface area contributed by atoms with Crippen LogP contribution in [-0.2, 0) is 30.0 Å². The lowest BCUT2D eigenvalue weighted by molar-refractivity contribution is -0.121. The highest BCUT2D eigenvalue weighted by Crippen LogP contribution is 2.46. The van der Waals surface area contributed by atoms with E-state index in [1.54, 1.807) is 24.1 Å². The molecule has 2 aliphatic heterocycles. The van der Waals surface area contributed by atoms with Crippen LogP contribution < -0.4 is 9.64 Å². The summed E-state index contributed by atoms with van der Waals surface area (Å²) in [6.45, 7) is 14.8. The number of fused-ring (bicyclic) bond motifs is 1. The first-order chi connectivity index (χ1) is 22.8. The zero-order valence-electron chi connectivity index (χ0n) is 29.6. The maximum absolute atomic E-state index is 12.8. The van der Waals surface area contributed by atoms with Crippen molar-refractivity contribution in [2.45, 2.75) is 89.3 Å². The number of carbonyl (C=O) groups excluding carboxylic acids is 2. The molecule has 11 nitrogen and oxygen atoms in total. The van der Waals surface area contributed by atoms with Crippen molar-refractivity contribution in [1.29, 1.82) is 0 Å². The average molecular weight is 685 g/mol. The molecule has 0 saturated carbocycles. The highest BCUT2D eigenvalue weighted by molar-refractivity contribution is 6.77. The van der Waals surface area contributed by atoms with Crippen molar-refractivity contribution in [1.82, 2.24) is 4.90 Å². The number of esters is 1. The van der Waals surface area contributed by atoms with Gasteiger partial charge in [-0.1, -0.05) is 59.7 Å². The van der Waals surface area contributed by atoms with Crippen LogP contribution in [0.2, 0.25) is 16.6 Å². The van der Waals surface area contributed by atoms with E-state index in [1.165, 1.54) is 12.0 Å². The van der Waals surface area contributed by atoms with Crippen LogP contribution in [0.4, 0.5) is 10.5 Å². The van der Waals surface area contributed by atoms with Crippen molar-refractivity contribution in [3.8, 4) is 5.75 Å². The zero-order chi connectivity index (χ0) is 35.2. The Hall–Kier alpha value is -3.45. The molecule has 2 heterocycles. The van der Waals surface area contributed by atoms with Gasteiger partial charge in [0, 0.05) is 32.7 Å². The molecule has 0 radical (unpaired) electrons. The van der Waals surface area contributed by atoms with Crippen molar-refractivity contribution < 1.29 is 42.9 Å². The van der Waals surface area contributed by atoms with Crippen LogP contribution in [0.15, 0.2) is 42.5 Å². The molecule has 0 unspecified atom stereocenters. The summed E-state index contributed by atoms with van der Waals surface area (Å²) in [5.41, 5.74) is 3.68. The lowest BCUT2D eigenvalue weighted by Crippen LogP contribution is -2.59. The standard InChI is InChI=1S/C36H52N2O9Si/c1-23(2)48(24(3)4,25(5)6)47-32-20-37(36(41)42)19-31(34(32)27-11-13-28(14-12-27)35(40)44-8)45-21-26-10-15-30-29(18-26)38(16-9-17-43-7)33(39)22-46-30/h10-15,18,23-25,31-32,34H,9,16-17,19-22H2,1-8H3,(H,41,42)/t31-,32+,34+/m0/s1. The Morgan fingerprint density at radius 1 is 0.958 bits per heavy atom. The number of nitrogens with zero attached hydrogens (tertiary/aromatic N) is 2. The molecule has 1 N–H and O–H groups in total. The second-order valence-corrected chi connectivity index (χ2v) is 19.0. The summed E-state index contributed by atoms with van der Waals surface area (Å²) in [5.74, 6) is -0.243. The van der Waals surface area contributed by atoms with Crippen molar-refractivity contribution in [2.24, 2.45) is 0 Å². The molecule has 0 aliphatic carbocycles. The number of methoxy groups -OCH3 is 2. The molecule has 2 aromatic carbocycles. The first-order valence-electron chi connectivity index (χ1n) is 16.8. The van der Waals surface area contributed by atoms with E-state index in [-0.39, 0.29) is 54.8 Å². The van der Waals surface area contributed by atoms with Crippen LogP contribution in [0.25, 0.3) is 0 Å². The number of rotatable bonds is 14. The fraction of sp³-hybridized carbons (Fsp3) is 0.583. The van der Waals surface area contributed by atoms with Crippen LogP contribution in [-0.4, -0.2) is 95.6 Å². The van der Waals surface area contributed by atoms with Gasteiger partial charge in [0.15, 0.2) is 6.61 Å². The number of piperidine rings is 1. The van der Waals surface area contributed by atoms with Gasteiger partial charge in [0.25, 0.3) is 5.91 Å². The number of hydrogen-bond acceptors (Lipinski definition) is 8. The lowest BCUT2D eigenvalue weighted by Gasteiger charge is -2.50. The number of carbonyl (C=O) groups is 3. The fourth-order valence-electron chi connectivity index (χ4n) is 7.61. The molecule has 3 atom stereocenters. The van der Waals surface area contributed by atoms with E-state index in [4.69, 9.17) is 23.4 Å². The molecule has 1 saturated heterocycles. The van der Waals surface area contributed by atoms with Gasteiger partial charge in [-0.2, -0.15) is 0 Å². The van der Waals surface area contributed by atoms with Gasteiger partial charge in [-0.15, -0.1) is 0 Å². The van der Waals surface area contributed by atoms with Crippen molar-refractivity contribution >= 4 is 32.0 Å². The summed E-state index contributed by atoms with van der Waals surface area (Å²) in [5, 5.41) is 10.3. The number of anilines is 1. The Labute approximate surface area is 285 Å². The number of likely N-dealkylation sites (tertiary alicyclic amines) is 1. The van der Waals surface area contributed by atoms with Gasteiger partial charge >= 0.3 is 12.1 Å². The van der Waals surface area contributed by atoms with E-state index in [1.807, 2.05) is 30.3 Å². The molecule has 0 spiro atoms. The highest BCUT2D eigenvalue weighted by atomic mass is 28.4. The van der Waals surface area contributed by atoms with Gasteiger partial charge < -0.3 is 38.3 Å². The maximum Gasteiger partial charge on any atom is 0.407 e. The SMILES string of the molecule is COCCCN1C(=O)COc2ccc(CO[C@H]3CN(C(=O)O)C[C@@H](O[Si](C(C)C)(C(C)C)C(C)C)[C@@H]3c3ccc(C(=O)OC)cc3)cc21. The Kier molecular flexibility index (Phi) is 12.7. The molecule has 1 fully saturated rings. The third-order valence-electron chi connectivity index (χ3n) is 9.81. The van der Waals surface area contributed by atoms with Gasteiger partial charge in [-0.25, -0.2) is 9.59 Å². The largest absolute Gasteiger partial charge is 0.482 e. The molecule has 2 aliphatic rings. The predicted octanol–water partition coefficient (Wildman–Crippen LogP) is 6.46. The maximum atomic E-state index is 12.8. The van der Waals surface area contributed by atoms with E-state index in [0.29, 0.717) is 36.6 Å². The average Bonchev–Trinajstić information content (AvgIpc) is 3.06. The second kappa shape index (κ2) is 16.3. The summed E-state index contributed by atoms with van der Waals surface area (Å²) in [6.07, 6.45) is -1.39. The molecule has 12 heteroatoms. The quantitative estimate of drug-likeness (QED) is 0.136. The van der Waals surface area contributed by atoms with Crippen LogP contribution in [0, 0.1) is 0 Å².